The SMILES string of the molecule is Cn1c(=O)n(C)c2cc([C@@H](O)COc3ccc(CNC[C@H]4CCCO4)cc3)ccc21. The van der Waals surface area contributed by atoms with Gasteiger partial charge in [-0.3, -0.25) is 9.13 Å². The molecular weight excluding hydrogens is 382 g/mol. The quantitative estimate of drug-likeness (QED) is 0.595. The molecule has 1 aromatic heterocycles. The summed E-state index contributed by atoms with van der Waals surface area (Å²) in [5.41, 5.74) is 3.44. The molecule has 0 amide bonds. The number of imidazole rings is 1. The number of aryl methyl sites for hydroxylation is 2. The predicted molar refractivity (Wildman–Crippen MR) is 116 cm³/mol. The van der Waals surface area contributed by atoms with E-state index in [2.05, 4.69) is 5.32 Å². The standard InChI is InChI=1S/C23H29N3O4/c1-25-20-10-7-17(12-21(20)26(2)23(25)28)22(27)15-30-18-8-5-16(6-9-18)13-24-14-19-4-3-11-29-19/h5-10,12,19,22,24,27H,3-4,11,13-15H2,1-2H3/t19-,22+/m1/s1. The number of aromatic nitrogens is 2. The first-order valence-corrected chi connectivity index (χ1v) is 10.4. The number of ether oxygens (including phenoxy) is 2. The minimum atomic E-state index is -0.780. The van der Waals surface area contributed by atoms with E-state index in [1.54, 1.807) is 23.2 Å². The van der Waals surface area contributed by atoms with Crippen LogP contribution in [0, 0.1) is 0 Å². The van der Waals surface area contributed by atoms with E-state index in [-0.39, 0.29) is 12.3 Å². The molecule has 0 radical (unpaired) electrons. The molecule has 0 saturated carbocycles. The molecule has 1 aliphatic heterocycles. The summed E-state index contributed by atoms with van der Waals surface area (Å²) in [6.07, 6.45) is 1.85. The van der Waals surface area contributed by atoms with Gasteiger partial charge in [0.25, 0.3) is 0 Å². The van der Waals surface area contributed by atoms with Crippen molar-refractivity contribution in [3.05, 3.63) is 64.1 Å². The highest BCUT2D eigenvalue weighted by atomic mass is 16.5. The lowest BCUT2D eigenvalue weighted by Crippen LogP contribution is -2.25. The number of aliphatic hydroxyl groups is 1. The Kier molecular flexibility index (Phi) is 6.22. The van der Waals surface area contributed by atoms with Crippen LogP contribution < -0.4 is 15.7 Å². The largest absolute Gasteiger partial charge is 0.491 e. The van der Waals surface area contributed by atoms with Gasteiger partial charge in [0, 0.05) is 33.8 Å². The summed E-state index contributed by atoms with van der Waals surface area (Å²) in [6, 6.07) is 13.4. The van der Waals surface area contributed by atoms with Crippen molar-refractivity contribution in [1.82, 2.24) is 14.5 Å². The highest BCUT2D eigenvalue weighted by Crippen LogP contribution is 2.21. The number of nitrogens with one attached hydrogen (secondary N) is 1. The molecular formula is C23H29N3O4. The van der Waals surface area contributed by atoms with Crippen LogP contribution in [-0.2, 0) is 25.4 Å². The number of benzene rings is 2. The summed E-state index contributed by atoms with van der Waals surface area (Å²) < 4.78 is 14.6. The monoisotopic (exact) mass is 411 g/mol. The van der Waals surface area contributed by atoms with Crippen LogP contribution in [-0.4, -0.2) is 40.1 Å². The molecule has 2 N–H and O–H groups in total. The zero-order chi connectivity index (χ0) is 21.1. The third-order valence-corrected chi connectivity index (χ3v) is 5.74. The van der Waals surface area contributed by atoms with Crippen molar-refractivity contribution < 1.29 is 14.6 Å². The Hall–Kier alpha value is -2.61. The summed E-state index contributed by atoms with van der Waals surface area (Å²) in [7, 11) is 3.47. The van der Waals surface area contributed by atoms with E-state index in [0.29, 0.717) is 11.9 Å². The van der Waals surface area contributed by atoms with Gasteiger partial charge in [-0.1, -0.05) is 18.2 Å². The molecule has 160 valence electrons. The number of fused-ring (bicyclic) bond motifs is 1. The Labute approximate surface area is 175 Å². The van der Waals surface area contributed by atoms with Crippen molar-refractivity contribution in [3.63, 3.8) is 0 Å². The first-order valence-electron chi connectivity index (χ1n) is 10.4. The third kappa shape index (κ3) is 4.43. The summed E-state index contributed by atoms with van der Waals surface area (Å²) >= 11 is 0. The highest BCUT2D eigenvalue weighted by molar-refractivity contribution is 5.76. The van der Waals surface area contributed by atoms with Crippen LogP contribution in [0.4, 0.5) is 0 Å². The van der Waals surface area contributed by atoms with E-state index in [0.717, 1.165) is 49.1 Å². The molecule has 1 aliphatic rings. The van der Waals surface area contributed by atoms with Gasteiger partial charge in [-0.15, -0.1) is 0 Å². The normalized spacial score (nSPS) is 17.5. The fourth-order valence-electron chi connectivity index (χ4n) is 3.89. The van der Waals surface area contributed by atoms with Crippen molar-refractivity contribution in [2.45, 2.75) is 31.6 Å². The van der Waals surface area contributed by atoms with Crippen molar-refractivity contribution in [3.8, 4) is 5.75 Å². The number of rotatable bonds is 8. The van der Waals surface area contributed by atoms with Gasteiger partial charge in [0.05, 0.1) is 17.1 Å². The van der Waals surface area contributed by atoms with Crippen LogP contribution >= 0.6 is 0 Å². The molecule has 2 aromatic carbocycles. The van der Waals surface area contributed by atoms with E-state index < -0.39 is 6.10 Å². The van der Waals surface area contributed by atoms with Gasteiger partial charge in [-0.2, -0.15) is 0 Å². The second-order valence-corrected chi connectivity index (χ2v) is 7.89. The molecule has 2 atom stereocenters. The number of hydrogen-bond acceptors (Lipinski definition) is 5. The van der Waals surface area contributed by atoms with Gasteiger partial charge in [0.2, 0.25) is 0 Å². The second kappa shape index (κ2) is 9.04. The Morgan fingerprint density at radius 1 is 1.17 bits per heavy atom. The minimum absolute atomic E-state index is 0.0850. The fourth-order valence-corrected chi connectivity index (χ4v) is 3.89. The average molecular weight is 412 g/mol. The molecule has 0 bridgehead atoms. The van der Waals surface area contributed by atoms with Crippen LogP contribution in [0.3, 0.4) is 0 Å². The molecule has 4 rings (SSSR count). The van der Waals surface area contributed by atoms with Crippen LogP contribution in [0.1, 0.15) is 30.1 Å². The van der Waals surface area contributed by atoms with E-state index >= 15 is 0 Å². The van der Waals surface area contributed by atoms with Gasteiger partial charge in [-0.25, -0.2) is 4.79 Å². The van der Waals surface area contributed by atoms with Gasteiger partial charge >= 0.3 is 5.69 Å². The fraction of sp³-hybridized carbons (Fsp3) is 0.435. The molecule has 1 saturated heterocycles. The summed E-state index contributed by atoms with van der Waals surface area (Å²) in [4.78, 5) is 12.1. The maximum absolute atomic E-state index is 12.1. The van der Waals surface area contributed by atoms with E-state index in [4.69, 9.17) is 9.47 Å². The summed E-state index contributed by atoms with van der Waals surface area (Å²) in [5, 5.41) is 14.0. The molecule has 0 unspecified atom stereocenters. The number of nitrogens with zero attached hydrogens (tertiary/aromatic N) is 2. The molecule has 0 spiro atoms. The maximum Gasteiger partial charge on any atom is 0.328 e. The number of hydrogen-bond donors (Lipinski definition) is 2. The Morgan fingerprint density at radius 3 is 2.67 bits per heavy atom. The third-order valence-electron chi connectivity index (χ3n) is 5.74. The van der Waals surface area contributed by atoms with Gasteiger partial charge in [0.1, 0.15) is 18.5 Å². The molecule has 0 aliphatic carbocycles. The highest BCUT2D eigenvalue weighted by Gasteiger charge is 2.15. The molecule has 1 fully saturated rings. The van der Waals surface area contributed by atoms with Crippen molar-refractivity contribution in [2.24, 2.45) is 14.1 Å². The average Bonchev–Trinajstić information content (AvgIpc) is 3.36. The molecule has 30 heavy (non-hydrogen) atoms. The van der Waals surface area contributed by atoms with Gasteiger partial charge < -0.3 is 19.9 Å². The lowest BCUT2D eigenvalue weighted by molar-refractivity contribution is 0.108. The lowest BCUT2D eigenvalue weighted by atomic mass is 10.1. The molecule has 3 aromatic rings. The Balaban J connectivity index is 1.31. The van der Waals surface area contributed by atoms with E-state index in [1.165, 1.54) is 5.56 Å². The van der Waals surface area contributed by atoms with Crippen molar-refractivity contribution in [2.75, 3.05) is 19.8 Å². The van der Waals surface area contributed by atoms with Crippen LogP contribution in [0.2, 0.25) is 0 Å². The first-order chi connectivity index (χ1) is 14.5. The maximum atomic E-state index is 12.1. The molecule has 2 heterocycles. The zero-order valence-corrected chi connectivity index (χ0v) is 17.5. The lowest BCUT2D eigenvalue weighted by Gasteiger charge is -2.14. The zero-order valence-electron chi connectivity index (χ0n) is 17.5. The van der Waals surface area contributed by atoms with Gasteiger partial charge in [0.15, 0.2) is 0 Å². The van der Waals surface area contributed by atoms with Crippen LogP contribution in [0.15, 0.2) is 47.3 Å². The Morgan fingerprint density at radius 2 is 1.93 bits per heavy atom. The minimum Gasteiger partial charge on any atom is -0.491 e. The summed E-state index contributed by atoms with van der Waals surface area (Å²) in [5.74, 6) is 0.713. The second-order valence-electron chi connectivity index (χ2n) is 7.89. The van der Waals surface area contributed by atoms with Crippen molar-refractivity contribution in [1.29, 1.82) is 0 Å². The van der Waals surface area contributed by atoms with Crippen LogP contribution in [0.25, 0.3) is 11.0 Å². The van der Waals surface area contributed by atoms with Crippen molar-refractivity contribution >= 4 is 11.0 Å². The van der Waals surface area contributed by atoms with Gasteiger partial charge in [-0.05, 0) is 48.2 Å². The Bertz CT molecular complexity index is 1050. The molecule has 7 heteroatoms. The first kappa shape index (κ1) is 20.7. The number of aliphatic hydroxyl groups excluding tert-OH is 1. The molecule has 7 nitrogen and oxygen atoms in total. The summed E-state index contributed by atoms with van der Waals surface area (Å²) in [6.45, 7) is 2.69. The smallest absolute Gasteiger partial charge is 0.328 e. The van der Waals surface area contributed by atoms with E-state index in [1.807, 2.05) is 42.5 Å². The topological polar surface area (TPSA) is 77.7 Å². The van der Waals surface area contributed by atoms with E-state index in [9.17, 15) is 9.90 Å². The predicted octanol–water partition coefficient (Wildman–Crippen LogP) is 2.26. The van der Waals surface area contributed by atoms with Crippen LogP contribution in [0.5, 0.6) is 5.75 Å².